The largest absolute Gasteiger partial charge is 0.352 e. The van der Waals surface area contributed by atoms with Gasteiger partial charge in [0.1, 0.15) is 0 Å². The third kappa shape index (κ3) is 5.73. The van der Waals surface area contributed by atoms with Crippen molar-refractivity contribution in [1.29, 1.82) is 0 Å². The second-order valence-corrected chi connectivity index (χ2v) is 6.77. The van der Waals surface area contributed by atoms with Gasteiger partial charge in [0.05, 0.1) is 0 Å². The molecule has 138 valence electrons. The Bertz CT molecular complexity index is 719. The van der Waals surface area contributed by atoms with Gasteiger partial charge < -0.3 is 10.6 Å². The lowest BCUT2D eigenvalue weighted by Gasteiger charge is -2.09. The molecule has 2 rings (SSSR count). The minimum Gasteiger partial charge on any atom is -0.352 e. The second kappa shape index (κ2) is 9.76. The molecule has 0 saturated carbocycles. The maximum absolute atomic E-state index is 12.3. The minimum atomic E-state index is -0.183. The molecule has 0 radical (unpaired) electrons. The number of carbonyl (C=O) groups excluding carboxylic acids is 2. The van der Waals surface area contributed by atoms with Crippen LogP contribution in [0.5, 0.6) is 0 Å². The molecule has 0 aromatic heterocycles. The van der Waals surface area contributed by atoms with E-state index in [1.54, 1.807) is 24.3 Å². The van der Waals surface area contributed by atoms with Crippen molar-refractivity contribution in [1.82, 2.24) is 5.32 Å². The van der Waals surface area contributed by atoms with Crippen LogP contribution in [0.1, 0.15) is 72.2 Å². The summed E-state index contributed by atoms with van der Waals surface area (Å²) in [5, 5.41) is 5.78. The van der Waals surface area contributed by atoms with Crippen molar-refractivity contribution in [3.8, 4) is 0 Å². The summed E-state index contributed by atoms with van der Waals surface area (Å²) < 4.78 is 0. The molecule has 4 heteroatoms. The second-order valence-electron chi connectivity index (χ2n) is 6.77. The van der Waals surface area contributed by atoms with Crippen molar-refractivity contribution in [2.75, 3.05) is 11.9 Å². The average Bonchev–Trinajstić information content (AvgIpc) is 2.65. The zero-order chi connectivity index (χ0) is 18.9. The molecule has 0 unspecified atom stereocenters. The molecule has 2 aromatic carbocycles. The Labute approximate surface area is 156 Å². The summed E-state index contributed by atoms with van der Waals surface area (Å²) in [6.07, 6.45) is 3.22. The topological polar surface area (TPSA) is 58.2 Å². The summed E-state index contributed by atoms with van der Waals surface area (Å²) in [6, 6.07) is 14.6. The third-order valence-corrected chi connectivity index (χ3v) is 4.31. The SMILES string of the molecule is CCCCCNC(=O)c1ccc(C(=O)Nc2ccc(C(C)C)cc2)cc1. The molecule has 0 spiro atoms. The first-order chi connectivity index (χ1) is 12.5. The van der Waals surface area contributed by atoms with Gasteiger partial charge in [-0.2, -0.15) is 0 Å². The molecule has 0 bridgehead atoms. The molecule has 4 nitrogen and oxygen atoms in total. The molecule has 0 aliphatic carbocycles. The van der Waals surface area contributed by atoms with Crippen molar-refractivity contribution in [3.63, 3.8) is 0 Å². The molecule has 0 saturated heterocycles. The van der Waals surface area contributed by atoms with Crippen molar-refractivity contribution in [2.45, 2.75) is 46.0 Å². The van der Waals surface area contributed by atoms with Gasteiger partial charge >= 0.3 is 0 Å². The van der Waals surface area contributed by atoms with E-state index in [1.807, 2.05) is 24.3 Å². The summed E-state index contributed by atoms with van der Waals surface area (Å²) in [5.74, 6) is 0.176. The van der Waals surface area contributed by atoms with Gasteiger partial charge in [-0.25, -0.2) is 0 Å². The van der Waals surface area contributed by atoms with Gasteiger partial charge in [-0.3, -0.25) is 9.59 Å². The van der Waals surface area contributed by atoms with E-state index < -0.39 is 0 Å². The Morgan fingerprint density at radius 3 is 1.96 bits per heavy atom. The number of hydrogen-bond donors (Lipinski definition) is 2. The number of carbonyl (C=O) groups is 2. The van der Waals surface area contributed by atoms with Crippen molar-refractivity contribution >= 4 is 17.5 Å². The molecule has 2 N–H and O–H groups in total. The van der Waals surface area contributed by atoms with E-state index in [4.69, 9.17) is 0 Å². The summed E-state index contributed by atoms with van der Waals surface area (Å²) in [7, 11) is 0. The maximum Gasteiger partial charge on any atom is 0.255 e. The number of rotatable bonds is 8. The Hall–Kier alpha value is -2.62. The van der Waals surface area contributed by atoms with Crippen molar-refractivity contribution in [2.24, 2.45) is 0 Å². The molecule has 0 aliphatic heterocycles. The highest BCUT2D eigenvalue weighted by Crippen LogP contribution is 2.17. The first-order valence-electron chi connectivity index (χ1n) is 9.31. The lowest BCUT2D eigenvalue weighted by molar-refractivity contribution is 0.0951. The van der Waals surface area contributed by atoms with Crippen LogP contribution in [0.4, 0.5) is 5.69 Å². The lowest BCUT2D eigenvalue weighted by Crippen LogP contribution is -2.24. The zero-order valence-corrected chi connectivity index (χ0v) is 15.8. The van der Waals surface area contributed by atoms with E-state index in [0.717, 1.165) is 24.9 Å². The molecule has 0 fully saturated rings. The number of anilines is 1. The molecule has 0 atom stereocenters. The Morgan fingerprint density at radius 1 is 0.846 bits per heavy atom. The van der Waals surface area contributed by atoms with Crippen LogP contribution >= 0.6 is 0 Å². The molecular formula is C22H28N2O2. The maximum atomic E-state index is 12.3. The van der Waals surface area contributed by atoms with E-state index in [0.29, 0.717) is 23.6 Å². The lowest BCUT2D eigenvalue weighted by atomic mass is 10.0. The highest BCUT2D eigenvalue weighted by Gasteiger charge is 2.09. The zero-order valence-electron chi connectivity index (χ0n) is 15.8. The number of benzene rings is 2. The van der Waals surface area contributed by atoms with Gasteiger partial charge in [-0.1, -0.05) is 45.7 Å². The van der Waals surface area contributed by atoms with Gasteiger partial charge in [0.2, 0.25) is 0 Å². The fraction of sp³-hybridized carbons (Fsp3) is 0.364. The monoisotopic (exact) mass is 352 g/mol. The minimum absolute atomic E-state index is 0.0997. The summed E-state index contributed by atoms with van der Waals surface area (Å²) in [6.45, 7) is 7.08. The van der Waals surface area contributed by atoms with Crippen LogP contribution in [0.15, 0.2) is 48.5 Å². The molecule has 2 amide bonds. The van der Waals surface area contributed by atoms with Crippen LogP contribution < -0.4 is 10.6 Å². The molecular weight excluding hydrogens is 324 g/mol. The van der Waals surface area contributed by atoms with E-state index in [1.165, 1.54) is 5.56 Å². The van der Waals surface area contributed by atoms with Crippen LogP contribution in [0, 0.1) is 0 Å². The first-order valence-corrected chi connectivity index (χ1v) is 9.31. The predicted octanol–water partition coefficient (Wildman–Crippen LogP) is 4.98. The van der Waals surface area contributed by atoms with Crippen LogP contribution in [0.3, 0.4) is 0 Å². The van der Waals surface area contributed by atoms with Gasteiger partial charge in [-0.15, -0.1) is 0 Å². The number of unbranched alkanes of at least 4 members (excludes halogenated alkanes) is 2. The molecule has 0 heterocycles. The Kier molecular flexibility index (Phi) is 7.39. The first kappa shape index (κ1) is 19.7. The Morgan fingerprint density at radius 2 is 1.42 bits per heavy atom. The summed E-state index contributed by atoms with van der Waals surface area (Å²) in [4.78, 5) is 24.4. The van der Waals surface area contributed by atoms with E-state index in [-0.39, 0.29) is 11.8 Å². The number of nitrogens with one attached hydrogen (secondary N) is 2. The quantitative estimate of drug-likeness (QED) is 0.658. The molecule has 0 aliphatic rings. The smallest absolute Gasteiger partial charge is 0.255 e. The van der Waals surface area contributed by atoms with Crippen LogP contribution in [-0.4, -0.2) is 18.4 Å². The highest BCUT2D eigenvalue weighted by molar-refractivity contribution is 6.05. The number of amides is 2. The summed E-state index contributed by atoms with van der Waals surface area (Å²) in [5.41, 5.74) is 3.09. The van der Waals surface area contributed by atoms with Gasteiger partial charge in [0.25, 0.3) is 11.8 Å². The van der Waals surface area contributed by atoms with Gasteiger partial charge in [-0.05, 0) is 54.3 Å². The van der Waals surface area contributed by atoms with Gasteiger partial charge in [0, 0.05) is 23.4 Å². The standard InChI is InChI=1S/C22H28N2O2/c1-4-5-6-15-23-21(25)18-7-9-19(10-8-18)22(26)24-20-13-11-17(12-14-20)16(2)3/h7-14,16H,4-6,15H2,1-3H3,(H,23,25)(H,24,26). The van der Waals surface area contributed by atoms with Crippen LogP contribution in [0.2, 0.25) is 0 Å². The third-order valence-electron chi connectivity index (χ3n) is 4.31. The number of hydrogen-bond acceptors (Lipinski definition) is 2. The van der Waals surface area contributed by atoms with E-state index >= 15 is 0 Å². The van der Waals surface area contributed by atoms with Crippen molar-refractivity contribution < 1.29 is 9.59 Å². The average molecular weight is 352 g/mol. The van der Waals surface area contributed by atoms with Gasteiger partial charge in [0.15, 0.2) is 0 Å². The van der Waals surface area contributed by atoms with Crippen LogP contribution in [0.25, 0.3) is 0 Å². The fourth-order valence-electron chi connectivity index (χ4n) is 2.61. The van der Waals surface area contributed by atoms with E-state index in [2.05, 4.69) is 31.4 Å². The normalized spacial score (nSPS) is 10.6. The van der Waals surface area contributed by atoms with Crippen LogP contribution in [-0.2, 0) is 0 Å². The molecule has 26 heavy (non-hydrogen) atoms. The highest BCUT2D eigenvalue weighted by atomic mass is 16.2. The predicted molar refractivity (Wildman–Crippen MR) is 107 cm³/mol. The van der Waals surface area contributed by atoms with E-state index in [9.17, 15) is 9.59 Å². The van der Waals surface area contributed by atoms with Crippen molar-refractivity contribution in [3.05, 3.63) is 65.2 Å². The summed E-state index contributed by atoms with van der Waals surface area (Å²) >= 11 is 0. The Balaban J connectivity index is 1.92. The fourth-order valence-corrected chi connectivity index (χ4v) is 2.61. The molecule has 2 aromatic rings.